The molecule has 32 heavy (non-hydrogen) atoms. The lowest BCUT2D eigenvalue weighted by Gasteiger charge is -2.28. The van der Waals surface area contributed by atoms with Crippen LogP contribution in [-0.2, 0) is 35.2 Å². The molecule has 1 aliphatic carbocycles. The van der Waals surface area contributed by atoms with Crippen LogP contribution < -0.4 is 0 Å². The van der Waals surface area contributed by atoms with Crippen LogP contribution in [0.3, 0.4) is 0 Å². The zero-order chi connectivity index (χ0) is 23.2. The average molecular weight is 447 g/mol. The lowest BCUT2D eigenvalue weighted by Crippen LogP contribution is -2.35. The summed E-state index contributed by atoms with van der Waals surface area (Å²) >= 11 is 0. The molecule has 6 nitrogen and oxygen atoms in total. The number of ether oxygens (including phenoxy) is 3. The van der Waals surface area contributed by atoms with Gasteiger partial charge in [-0.25, -0.2) is 0 Å². The van der Waals surface area contributed by atoms with Crippen molar-refractivity contribution in [3.8, 4) is 0 Å². The highest BCUT2D eigenvalue weighted by atomic mass is 16.6. The zero-order valence-corrected chi connectivity index (χ0v) is 19.6. The van der Waals surface area contributed by atoms with Gasteiger partial charge in [-0.3, -0.25) is 14.4 Å². The van der Waals surface area contributed by atoms with Crippen molar-refractivity contribution < 1.29 is 28.6 Å². The number of rotatable bonds is 13. The van der Waals surface area contributed by atoms with E-state index in [0.29, 0.717) is 25.4 Å². The van der Waals surface area contributed by atoms with Crippen molar-refractivity contribution in [1.29, 1.82) is 0 Å². The highest BCUT2D eigenvalue weighted by Crippen LogP contribution is 2.32. The van der Waals surface area contributed by atoms with Gasteiger partial charge in [0.05, 0.1) is 24.9 Å². The molecule has 0 spiro atoms. The number of carbonyl (C=O) groups excluding carboxylic acids is 3. The van der Waals surface area contributed by atoms with E-state index in [1.807, 2.05) is 30.3 Å². The maximum atomic E-state index is 12.6. The first kappa shape index (κ1) is 25.9. The van der Waals surface area contributed by atoms with Gasteiger partial charge < -0.3 is 14.2 Å². The highest BCUT2D eigenvalue weighted by Gasteiger charge is 2.38. The quantitative estimate of drug-likeness (QED) is 0.305. The van der Waals surface area contributed by atoms with E-state index >= 15 is 0 Å². The number of esters is 3. The Bertz CT molecular complexity index is 702. The standard InChI is InChI=1S/C26H38O6/c1-3-5-11-20(4-2)18-31-24(27)16-17-30-25(28)22-14-9-10-15-23(22)26(29)32-19-21-12-7-6-8-13-21/h6-8,12-13,20,22-23H,3-5,9-11,14-19H2,1-2H3/t20?,22-,23+/m1/s1. The Hall–Kier alpha value is -2.37. The first-order valence-corrected chi connectivity index (χ1v) is 12.1. The van der Waals surface area contributed by atoms with Crippen molar-refractivity contribution in [1.82, 2.24) is 0 Å². The Morgan fingerprint density at radius 3 is 2.22 bits per heavy atom. The molecule has 1 unspecified atom stereocenters. The molecule has 0 bridgehead atoms. The van der Waals surface area contributed by atoms with Crippen LogP contribution in [-0.4, -0.2) is 31.1 Å². The van der Waals surface area contributed by atoms with Gasteiger partial charge in [-0.2, -0.15) is 0 Å². The predicted octanol–water partition coefficient (Wildman–Crippen LogP) is 5.23. The Morgan fingerprint density at radius 1 is 0.938 bits per heavy atom. The normalized spacial score (nSPS) is 19.1. The number of hydrogen-bond acceptors (Lipinski definition) is 6. The van der Waals surface area contributed by atoms with Crippen LogP contribution in [0.2, 0.25) is 0 Å². The first-order valence-electron chi connectivity index (χ1n) is 12.1. The molecule has 0 N–H and O–H groups in total. The third kappa shape index (κ3) is 9.01. The number of unbranched alkanes of at least 4 members (excludes halogenated alkanes) is 1. The van der Waals surface area contributed by atoms with Crippen LogP contribution in [0.15, 0.2) is 30.3 Å². The topological polar surface area (TPSA) is 78.9 Å². The molecule has 0 saturated heterocycles. The Morgan fingerprint density at radius 2 is 1.59 bits per heavy atom. The molecule has 1 fully saturated rings. The van der Waals surface area contributed by atoms with Gasteiger partial charge in [-0.05, 0) is 30.7 Å². The zero-order valence-electron chi connectivity index (χ0n) is 19.6. The van der Waals surface area contributed by atoms with Crippen molar-refractivity contribution in [2.24, 2.45) is 17.8 Å². The van der Waals surface area contributed by atoms with Crippen molar-refractivity contribution in [2.45, 2.75) is 78.2 Å². The average Bonchev–Trinajstić information content (AvgIpc) is 2.83. The van der Waals surface area contributed by atoms with E-state index in [1.54, 1.807) is 0 Å². The fourth-order valence-electron chi connectivity index (χ4n) is 4.05. The van der Waals surface area contributed by atoms with Gasteiger partial charge in [0, 0.05) is 0 Å². The number of carbonyl (C=O) groups is 3. The monoisotopic (exact) mass is 446 g/mol. The summed E-state index contributed by atoms with van der Waals surface area (Å²) in [5, 5.41) is 0. The summed E-state index contributed by atoms with van der Waals surface area (Å²) in [6, 6.07) is 9.48. The van der Waals surface area contributed by atoms with Crippen LogP contribution in [0, 0.1) is 17.8 Å². The number of hydrogen-bond donors (Lipinski definition) is 0. The van der Waals surface area contributed by atoms with Crippen LogP contribution >= 0.6 is 0 Å². The maximum absolute atomic E-state index is 12.6. The molecular weight excluding hydrogens is 408 g/mol. The van der Waals surface area contributed by atoms with Crippen molar-refractivity contribution in [3.63, 3.8) is 0 Å². The van der Waals surface area contributed by atoms with E-state index in [9.17, 15) is 14.4 Å². The van der Waals surface area contributed by atoms with E-state index in [1.165, 1.54) is 0 Å². The summed E-state index contributed by atoms with van der Waals surface area (Å²) in [5.74, 6) is -1.75. The highest BCUT2D eigenvalue weighted by molar-refractivity contribution is 5.82. The fourth-order valence-corrected chi connectivity index (χ4v) is 4.05. The smallest absolute Gasteiger partial charge is 0.310 e. The molecule has 0 aromatic heterocycles. The van der Waals surface area contributed by atoms with E-state index < -0.39 is 17.8 Å². The largest absolute Gasteiger partial charge is 0.465 e. The molecule has 1 aromatic rings. The van der Waals surface area contributed by atoms with E-state index in [-0.39, 0.29) is 31.6 Å². The molecular formula is C26H38O6. The first-order chi connectivity index (χ1) is 15.5. The van der Waals surface area contributed by atoms with Crippen LogP contribution in [0.4, 0.5) is 0 Å². The lowest BCUT2D eigenvalue weighted by molar-refractivity contribution is -0.164. The molecule has 0 aliphatic heterocycles. The molecule has 0 amide bonds. The molecule has 1 aromatic carbocycles. The minimum atomic E-state index is -0.512. The summed E-state index contributed by atoms with van der Waals surface area (Å²) in [7, 11) is 0. The van der Waals surface area contributed by atoms with Crippen LogP contribution in [0.1, 0.15) is 77.2 Å². The second-order valence-electron chi connectivity index (χ2n) is 8.61. The molecule has 0 heterocycles. The van der Waals surface area contributed by atoms with Crippen molar-refractivity contribution in [3.05, 3.63) is 35.9 Å². The second-order valence-corrected chi connectivity index (χ2v) is 8.61. The Balaban J connectivity index is 1.74. The predicted molar refractivity (Wildman–Crippen MR) is 122 cm³/mol. The minimum absolute atomic E-state index is 0.0221. The lowest BCUT2D eigenvalue weighted by atomic mass is 9.79. The van der Waals surface area contributed by atoms with Gasteiger partial charge in [0.15, 0.2) is 0 Å². The molecule has 6 heteroatoms. The van der Waals surface area contributed by atoms with Gasteiger partial charge in [-0.1, -0.05) is 76.3 Å². The summed E-state index contributed by atoms with van der Waals surface area (Å²) in [6.07, 6.45) is 7.30. The molecule has 178 valence electrons. The molecule has 0 radical (unpaired) electrons. The number of benzene rings is 1. The van der Waals surface area contributed by atoms with Crippen molar-refractivity contribution in [2.75, 3.05) is 13.2 Å². The van der Waals surface area contributed by atoms with Gasteiger partial charge in [0.2, 0.25) is 0 Å². The van der Waals surface area contributed by atoms with Gasteiger partial charge in [-0.15, -0.1) is 0 Å². The van der Waals surface area contributed by atoms with Gasteiger partial charge >= 0.3 is 17.9 Å². The molecule has 3 atom stereocenters. The van der Waals surface area contributed by atoms with E-state index in [2.05, 4.69) is 13.8 Å². The SMILES string of the molecule is CCCCC(CC)COC(=O)CCOC(=O)[C@@H]1CCCC[C@@H]1C(=O)OCc1ccccc1. The third-order valence-electron chi connectivity index (χ3n) is 6.17. The summed E-state index contributed by atoms with van der Waals surface area (Å²) in [6.45, 7) is 4.84. The van der Waals surface area contributed by atoms with Gasteiger partial charge in [0.25, 0.3) is 0 Å². The van der Waals surface area contributed by atoms with Crippen molar-refractivity contribution >= 4 is 17.9 Å². The third-order valence-corrected chi connectivity index (χ3v) is 6.17. The molecule has 1 aliphatic rings. The maximum Gasteiger partial charge on any atom is 0.310 e. The summed E-state index contributed by atoms with van der Waals surface area (Å²) in [4.78, 5) is 37.2. The second kappa shape index (κ2) is 14.6. The van der Waals surface area contributed by atoms with Gasteiger partial charge in [0.1, 0.15) is 13.2 Å². The fraction of sp³-hybridized carbons (Fsp3) is 0.654. The summed E-state index contributed by atoms with van der Waals surface area (Å²) in [5.41, 5.74) is 0.911. The van der Waals surface area contributed by atoms with E-state index in [4.69, 9.17) is 14.2 Å². The molecule has 2 rings (SSSR count). The van der Waals surface area contributed by atoms with E-state index in [0.717, 1.165) is 44.1 Å². The summed E-state index contributed by atoms with van der Waals surface area (Å²) < 4.78 is 16.2. The van der Waals surface area contributed by atoms with Crippen LogP contribution in [0.5, 0.6) is 0 Å². The minimum Gasteiger partial charge on any atom is -0.465 e. The molecule has 1 saturated carbocycles. The Kier molecular flexibility index (Phi) is 11.8. The Labute approximate surface area is 192 Å². The van der Waals surface area contributed by atoms with Crippen LogP contribution in [0.25, 0.3) is 0 Å².